The number of rotatable bonds is 8. The van der Waals surface area contributed by atoms with Gasteiger partial charge in [-0.2, -0.15) is 5.10 Å². The van der Waals surface area contributed by atoms with E-state index in [1.165, 1.54) is 13.3 Å². The van der Waals surface area contributed by atoms with E-state index in [1.54, 1.807) is 31.2 Å². The molecule has 1 aromatic carbocycles. The fourth-order valence-corrected chi connectivity index (χ4v) is 2.70. The summed E-state index contributed by atoms with van der Waals surface area (Å²) in [5.74, 6) is -0.802. The van der Waals surface area contributed by atoms with Gasteiger partial charge in [-0.3, -0.25) is 14.9 Å². The summed E-state index contributed by atoms with van der Waals surface area (Å²) in [6, 6.07) is 7.06. The number of carbonyl (C=O) groups excluding carboxylic acids is 3. The molecular formula is C18H19N3O6S. The van der Waals surface area contributed by atoms with Crippen molar-refractivity contribution in [2.75, 3.05) is 20.3 Å². The first-order valence-corrected chi connectivity index (χ1v) is 9.11. The minimum absolute atomic E-state index is 0.165. The van der Waals surface area contributed by atoms with Crippen LogP contribution in [0.1, 0.15) is 18.9 Å². The maximum absolute atomic E-state index is 11.7. The second-order valence-electron chi connectivity index (χ2n) is 5.21. The molecule has 1 N–H and O–H groups in total. The van der Waals surface area contributed by atoms with Crippen LogP contribution in [0.2, 0.25) is 0 Å². The quantitative estimate of drug-likeness (QED) is 0.302. The normalized spacial score (nSPS) is 16.4. The van der Waals surface area contributed by atoms with Crippen molar-refractivity contribution < 1.29 is 28.6 Å². The molecule has 1 aliphatic rings. The molecule has 1 fully saturated rings. The molecule has 1 heterocycles. The van der Waals surface area contributed by atoms with Gasteiger partial charge in [-0.05, 0) is 36.4 Å². The minimum Gasteiger partial charge on any atom is -0.493 e. The summed E-state index contributed by atoms with van der Waals surface area (Å²) in [5.41, 5.74) is 0.720. The number of hydrogen-bond acceptors (Lipinski definition) is 9. The summed E-state index contributed by atoms with van der Waals surface area (Å²) >= 11 is 0.986. The van der Waals surface area contributed by atoms with Crippen molar-refractivity contribution in [2.24, 2.45) is 10.2 Å². The van der Waals surface area contributed by atoms with E-state index in [0.717, 1.165) is 23.4 Å². The number of esters is 2. The highest BCUT2D eigenvalue weighted by Crippen LogP contribution is 2.23. The highest BCUT2D eigenvalue weighted by atomic mass is 32.2. The Balaban J connectivity index is 1.91. The zero-order valence-corrected chi connectivity index (χ0v) is 16.2. The number of thioether (sulfide) groups is 1. The van der Waals surface area contributed by atoms with Gasteiger partial charge in [0.25, 0.3) is 5.91 Å². The first-order chi connectivity index (χ1) is 13.5. The van der Waals surface area contributed by atoms with E-state index in [1.807, 2.05) is 0 Å². The third-order valence-corrected chi connectivity index (χ3v) is 4.09. The third kappa shape index (κ3) is 6.88. The molecule has 1 aliphatic heterocycles. The lowest BCUT2D eigenvalue weighted by Crippen LogP contribution is -2.19. The molecule has 10 heteroatoms. The van der Waals surface area contributed by atoms with Crippen LogP contribution in [0.3, 0.4) is 0 Å². The largest absolute Gasteiger partial charge is 0.493 e. The lowest BCUT2D eigenvalue weighted by molar-refractivity contribution is -0.143. The minimum atomic E-state index is -0.623. The zero-order chi connectivity index (χ0) is 20.4. The van der Waals surface area contributed by atoms with Crippen molar-refractivity contribution in [2.45, 2.75) is 13.3 Å². The van der Waals surface area contributed by atoms with E-state index < -0.39 is 11.9 Å². The molecule has 0 atom stereocenters. The van der Waals surface area contributed by atoms with E-state index in [0.29, 0.717) is 12.4 Å². The maximum atomic E-state index is 11.7. The molecule has 0 aliphatic carbocycles. The van der Waals surface area contributed by atoms with E-state index >= 15 is 0 Å². The van der Waals surface area contributed by atoms with E-state index in [9.17, 15) is 14.4 Å². The zero-order valence-electron chi connectivity index (χ0n) is 15.3. The van der Waals surface area contributed by atoms with Gasteiger partial charge in [0.15, 0.2) is 5.17 Å². The molecule has 1 amide bonds. The number of amides is 1. The maximum Gasteiger partial charge on any atom is 0.331 e. The summed E-state index contributed by atoms with van der Waals surface area (Å²) in [6.45, 7) is 2.29. The summed E-state index contributed by atoms with van der Waals surface area (Å²) in [7, 11) is 1.23. The van der Waals surface area contributed by atoms with E-state index in [4.69, 9.17) is 9.47 Å². The molecule has 28 heavy (non-hydrogen) atoms. The van der Waals surface area contributed by atoms with Crippen molar-refractivity contribution in [3.63, 3.8) is 0 Å². The van der Waals surface area contributed by atoms with Gasteiger partial charge in [0.2, 0.25) is 0 Å². The molecule has 0 spiro atoms. The third-order valence-electron chi connectivity index (χ3n) is 3.19. The topological polar surface area (TPSA) is 116 Å². The number of benzene rings is 1. The second-order valence-corrected chi connectivity index (χ2v) is 6.24. The molecule has 0 bridgehead atoms. The van der Waals surface area contributed by atoms with Crippen molar-refractivity contribution >= 4 is 41.0 Å². The molecule has 1 saturated heterocycles. The number of amidine groups is 1. The molecular weight excluding hydrogens is 386 g/mol. The molecule has 9 nitrogen and oxygen atoms in total. The van der Waals surface area contributed by atoms with Crippen LogP contribution in [0.15, 0.2) is 45.4 Å². The highest BCUT2D eigenvalue weighted by molar-refractivity contribution is 8.18. The van der Waals surface area contributed by atoms with Crippen LogP contribution in [0.4, 0.5) is 0 Å². The highest BCUT2D eigenvalue weighted by Gasteiger charge is 2.24. The average Bonchev–Trinajstić information content (AvgIpc) is 3.01. The van der Waals surface area contributed by atoms with E-state index in [2.05, 4.69) is 20.3 Å². The Morgan fingerprint density at radius 1 is 1.32 bits per heavy atom. The SMILES string of the molecule is CCOC(=O)CCOc1cccc(C=N/N=C2/NC(=O)/C(=C\C(=O)OC)S2)c1. The second kappa shape index (κ2) is 10.9. The Kier molecular flexibility index (Phi) is 8.22. The van der Waals surface area contributed by atoms with Crippen LogP contribution in [-0.4, -0.2) is 49.6 Å². The average molecular weight is 405 g/mol. The first-order valence-electron chi connectivity index (χ1n) is 8.30. The van der Waals surface area contributed by atoms with Crippen LogP contribution in [0.25, 0.3) is 0 Å². The predicted octanol–water partition coefficient (Wildman–Crippen LogP) is 1.63. The summed E-state index contributed by atoms with van der Waals surface area (Å²) in [6.07, 6.45) is 2.74. The Morgan fingerprint density at radius 3 is 2.89 bits per heavy atom. The molecule has 0 radical (unpaired) electrons. The number of nitrogens with zero attached hydrogens (tertiary/aromatic N) is 2. The van der Waals surface area contributed by atoms with Crippen LogP contribution in [0.5, 0.6) is 5.75 Å². The monoisotopic (exact) mass is 405 g/mol. The lowest BCUT2D eigenvalue weighted by atomic mass is 10.2. The van der Waals surface area contributed by atoms with Gasteiger partial charge >= 0.3 is 11.9 Å². The summed E-state index contributed by atoms with van der Waals surface area (Å²) in [4.78, 5) is 34.4. The van der Waals surface area contributed by atoms with Gasteiger partial charge < -0.3 is 14.2 Å². The molecule has 0 saturated carbocycles. The Hall–Kier alpha value is -3.14. The molecule has 1 aromatic rings. The van der Waals surface area contributed by atoms with Gasteiger partial charge in [-0.25, -0.2) is 4.79 Å². The van der Waals surface area contributed by atoms with Gasteiger partial charge in [-0.1, -0.05) is 12.1 Å². The van der Waals surface area contributed by atoms with Crippen molar-refractivity contribution in [1.29, 1.82) is 0 Å². The van der Waals surface area contributed by atoms with Crippen molar-refractivity contribution in [3.8, 4) is 5.75 Å². The fraction of sp³-hybridized carbons (Fsp3) is 0.278. The number of ether oxygens (including phenoxy) is 3. The first kappa shape index (κ1) is 21.2. The van der Waals surface area contributed by atoms with Crippen molar-refractivity contribution in [3.05, 3.63) is 40.8 Å². The summed E-state index contributed by atoms with van der Waals surface area (Å²) < 4.78 is 14.8. The smallest absolute Gasteiger partial charge is 0.331 e. The number of methoxy groups -OCH3 is 1. The van der Waals surface area contributed by atoms with Gasteiger partial charge in [0, 0.05) is 6.08 Å². The van der Waals surface area contributed by atoms with E-state index in [-0.39, 0.29) is 29.1 Å². The van der Waals surface area contributed by atoms with Crippen LogP contribution < -0.4 is 10.1 Å². The lowest BCUT2D eigenvalue weighted by Gasteiger charge is -2.06. The van der Waals surface area contributed by atoms with Crippen molar-refractivity contribution in [1.82, 2.24) is 5.32 Å². The fourth-order valence-electron chi connectivity index (χ4n) is 1.96. The molecule has 148 valence electrons. The van der Waals surface area contributed by atoms with Crippen LogP contribution in [0, 0.1) is 0 Å². The molecule has 0 aromatic heterocycles. The summed E-state index contributed by atoms with van der Waals surface area (Å²) in [5, 5.41) is 10.6. The predicted molar refractivity (Wildman–Crippen MR) is 104 cm³/mol. The number of hydrogen-bond donors (Lipinski definition) is 1. The number of carbonyl (C=O) groups is 3. The molecule has 2 rings (SSSR count). The van der Waals surface area contributed by atoms with Crippen LogP contribution in [-0.2, 0) is 23.9 Å². The number of nitrogens with one attached hydrogen (secondary N) is 1. The standard InChI is InChI=1S/C18H19N3O6S/c1-3-26-15(22)7-8-27-13-6-4-5-12(9-13)11-19-21-18-20-17(24)14(28-18)10-16(23)25-2/h4-6,9-11H,3,7-8H2,1-2H3,(H,20,21,24)/b14-10+,19-11?. The van der Waals surface area contributed by atoms with Gasteiger partial charge in [-0.15, -0.1) is 5.10 Å². The Morgan fingerprint density at radius 2 is 2.14 bits per heavy atom. The Labute approximate surface area is 165 Å². The Bertz CT molecular complexity index is 834. The van der Waals surface area contributed by atoms with Gasteiger partial charge in [0.1, 0.15) is 5.75 Å². The van der Waals surface area contributed by atoms with Crippen LogP contribution >= 0.6 is 11.8 Å². The molecule has 0 unspecified atom stereocenters. The van der Waals surface area contributed by atoms with Gasteiger partial charge in [0.05, 0.1) is 37.9 Å².